The lowest BCUT2D eigenvalue weighted by molar-refractivity contribution is -0.117. The van der Waals surface area contributed by atoms with Crippen molar-refractivity contribution >= 4 is 11.6 Å². The lowest BCUT2D eigenvalue weighted by Crippen LogP contribution is -2.32. The Morgan fingerprint density at radius 1 is 1.71 bits per heavy atom. The summed E-state index contributed by atoms with van der Waals surface area (Å²) >= 11 is 0. The Morgan fingerprint density at radius 3 is 3.12 bits per heavy atom. The minimum Gasteiger partial charge on any atom is -0.323 e. The molecule has 17 heavy (non-hydrogen) atoms. The average molecular weight is 236 g/mol. The summed E-state index contributed by atoms with van der Waals surface area (Å²) in [6.45, 7) is 3.94. The molecular formula is C12H20N4O. The molecule has 94 valence electrons. The zero-order valence-corrected chi connectivity index (χ0v) is 10.5. The summed E-state index contributed by atoms with van der Waals surface area (Å²) in [5.41, 5.74) is 1.68. The fourth-order valence-corrected chi connectivity index (χ4v) is 2.28. The van der Waals surface area contributed by atoms with Crippen molar-refractivity contribution in [2.75, 3.05) is 18.4 Å². The minimum atomic E-state index is 0.0924. The van der Waals surface area contributed by atoms with Gasteiger partial charge in [-0.25, -0.2) is 0 Å². The van der Waals surface area contributed by atoms with Crippen LogP contribution in [0.15, 0.2) is 6.20 Å². The number of amides is 1. The molecule has 5 heteroatoms. The van der Waals surface area contributed by atoms with Gasteiger partial charge >= 0.3 is 0 Å². The van der Waals surface area contributed by atoms with Gasteiger partial charge in [0.05, 0.1) is 11.4 Å². The van der Waals surface area contributed by atoms with Crippen molar-refractivity contribution in [1.82, 2.24) is 15.1 Å². The summed E-state index contributed by atoms with van der Waals surface area (Å²) in [7, 11) is 1.85. The first-order valence-electron chi connectivity index (χ1n) is 6.16. The van der Waals surface area contributed by atoms with Gasteiger partial charge in [-0.2, -0.15) is 5.10 Å². The number of aryl methyl sites for hydroxylation is 2. The molecule has 1 aromatic heterocycles. The van der Waals surface area contributed by atoms with E-state index in [-0.39, 0.29) is 5.91 Å². The van der Waals surface area contributed by atoms with Crippen LogP contribution in [0.25, 0.3) is 0 Å². The van der Waals surface area contributed by atoms with E-state index in [2.05, 4.69) is 15.7 Å². The Kier molecular flexibility index (Phi) is 3.78. The molecule has 1 unspecified atom stereocenters. The molecule has 2 rings (SSSR count). The van der Waals surface area contributed by atoms with Gasteiger partial charge in [-0.1, -0.05) is 0 Å². The average Bonchev–Trinajstić information content (AvgIpc) is 2.58. The monoisotopic (exact) mass is 236 g/mol. The Morgan fingerprint density at radius 2 is 2.53 bits per heavy atom. The summed E-state index contributed by atoms with van der Waals surface area (Å²) in [4.78, 5) is 11.9. The highest BCUT2D eigenvalue weighted by Crippen LogP contribution is 2.16. The van der Waals surface area contributed by atoms with Crippen LogP contribution in [0, 0.1) is 12.8 Å². The number of aromatic nitrogens is 2. The standard InChI is InChI=1S/C12H20N4O/c1-9-11(8-16(2)15-9)14-12(17)6-10-4-3-5-13-7-10/h8,10,13H,3-7H2,1-2H3,(H,14,17). The van der Waals surface area contributed by atoms with Crippen LogP contribution < -0.4 is 10.6 Å². The lowest BCUT2D eigenvalue weighted by Gasteiger charge is -2.21. The zero-order valence-electron chi connectivity index (χ0n) is 10.5. The summed E-state index contributed by atoms with van der Waals surface area (Å²) < 4.78 is 1.72. The van der Waals surface area contributed by atoms with E-state index in [0.29, 0.717) is 12.3 Å². The maximum absolute atomic E-state index is 11.9. The van der Waals surface area contributed by atoms with E-state index in [9.17, 15) is 4.79 Å². The molecule has 0 spiro atoms. The molecule has 1 aliphatic rings. The van der Waals surface area contributed by atoms with Gasteiger partial charge in [0.2, 0.25) is 5.91 Å². The molecule has 0 bridgehead atoms. The Balaban J connectivity index is 1.86. The third-order valence-electron chi connectivity index (χ3n) is 3.16. The molecule has 1 saturated heterocycles. The molecule has 1 aromatic rings. The fourth-order valence-electron chi connectivity index (χ4n) is 2.28. The SMILES string of the molecule is Cc1nn(C)cc1NC(=O)CC1CCCNC1. The topological polar surface area (TPSA) is 59.0 Å². The molecule has 5 nitrogen and oxygen atoms in total. The molecule has 0 aliphatic carbocycles. The molecule has 1 fully saturated rings. The third-order valence-corrected chi connectivity index (χ3v) is 3.16. The zero-order chi connectivity index (χ0) is 12.3. The molecule has 2 N–H and O–H groups in total. The summed E-state index contributed by atoms with van der Waals surface area (Å²) in [5.74, 6) is 0.565. The molecule has 1 atom stereocenters. The summed E-state index contributed by atoms with van der Waals surface area (Å²) in [6.07, 6.45) is 4.75. The van der Waals surface area contributed by atoms with E-state index in [1.54, 1.807) is 4.68 Å². The highest BCUT2D eigenvalue weighted by Gasteiger charge is 2.17. The van der Waals surface area contributed by atoms with Crippen LogP contribution in [0.1, 0.15) is 25.0 Å². The van der Waals surface area contributed by atoms with Gasteiger partial charge in [-0.3, -0.25) is 9.48 Å². The van der Waals surface area contributed by atoms with E-state index in [1.165, 1.54) is 6.42 Å². The first-order chi connectivity index (χ1) is 8.15. The van der Waals surface area contributed by atoms with Crippen molar-refractivity contribution in [3.8, 4) is 0 Å². The van der Waals surface area contributed by atoms with Gasteiger partial charge in [0.25, 0.3) is 0 Å². The second-order valence-corrected chi connectivity index (χ2v) is 4.77. The van der Waals surface area contributed by atoms with E-state index in [1.807, 2.05) is 20.2 Å². The van der Waals surface area contributed by atoms with Crippen LogP contribution in [0.3, 0.4) is 0 Å². The van der Waals surface area contributed by atoms with Crippen LogP contribution in [0.2, 0.25) is 0 Å². The normalized spacial score (nSPS) is 20.2. The number of anilines is 1. The first kappa shape index (κ1) is 12.1. The molecule has 0 radical (unpaired) electrons. The van der Waals surface area contributed by atoms with E-state index in [0.717, 1.165) is 30.9 Å². The Bertz CT molecular complexity index is 393. The summed E-state index contributed by atoms with van der Waals surface area (Å²) in [5, 5.41) is 10.5. The molecule has 2 heterocycles. The van der Waals surface area contributed by atoms with Gasteiger partial charge in [0, 0.05) is 19.7 Å². The lowest BCUT2D eigenvalue weighted by atomic mass is 9.96. The fraction of sp³-hybridized carbons (Fsp3) is 0.667. The number of hydrogen-bond donors (Lipinski definition) is 2. The highest BCUT2D eigenvalue weighted by atomic mass is 16.1. The van der Waals surface area contributed by atoms with Crippen LogP contribution in [-0.2, 0) is 11.8 Å². The number of hydrogen-bond acceptors (Lipinski definition) is 3. The second-order valence-electron chi connectivity index (χ2n) is 4.77. The summed E-state index contributed by atoms with van der Waals surface area (Å²) in [6, 6.07) is 0. The van der Waals surface area contributed by atoms with Crippen molar-refractivity contribution in [2.45, 2.75) is 26.2 Å². The number of piperidine rings is 1. The van der Waals surface area contributed by atoms with Gasteiger partial charge < -0.3 is 10.6 Å². The van der Waals surface area contributed by atoms with Crippen molar-refractivity contribution in [3.05, 3.63) is 11.9 Å². The van der Waals surface area contributed by atoms with Gasteiger partial charge in [0.1, 0.15) is 0 Å². The van der Waals surface area contributed by atoms with Crippen molar-refractivity contribution < 1.29 is 4.79 Å². The number of carbonyl (C=O) groups is 1. The van der Waals surface area contributed by atoms with Gasteiger partial charge in [-0.05, 0) is 38.8 Å². The minimum absolute atomic E-state index is 0.0924. The van der Waals surface area contributed by atoms with E-state index < -0.39 is 0 Å². The van der Waals surface area contributed by atoms with E-state index in [4.69, 9.17) is 0 Å². The van der Waals surface area contributed by atoms with Gasteiger partial charge in [0.15, 0.2) is 0 Å². The second kappa shape index (κ2) is 5.31. The quantitative estimate of drug-likeness (QED) is 0.825. The van der Waals surface area contributed by atoms with Crippen LogP contribution in [-0.4, -0.2) is 28.8 Å². The number of nitrogens with zero attached hydrogens (tertiary/aromatic N) is 2. The Hall–Kier alpha value is -1.36. The van der Waals surface area contributed by atoms with Crippen LogP contribution in [0.5, 0.6) is 0 Å². The Labute approximate surface area is 102 Å². The number of rotatable bonds is 3. The number of carbonyl (C=O) groups excluding carboxylic acids is 1. The van der Waals surface area contributed by atoms with Gasteiger partial charge in [-0.15, -0.1) is 0 Å². The first-order valence-corrected chi connectivity index (χ1v) is 6.16. The molecule has 0 aromatic carbocycles. The van der Waals surface area contributed by atoms with Crippen molar-refractivity contribution in [3.63, 3.8) is 0 Å². The van der Waals surface area contributed by atoms with Crippen LogP contribution in [0.4, 0.5) is 5.69 Å². The maximum atomic E-state index is 11.9. The van der Waals surface area contributed by atoms with Crippen molar-refractivity contribution in [1.29, 1.82) is 0 Å². The molecule has 1 aliphatic heterocycles. The third kappa shape index (κ3) is 3.30. The molecular weight excluding hydrogens is 216 g/mol. The van der Waals surface area contributed by atoms with Crippen molar-refractivity contribution in [2.24, 2.45) is 13.0 Å². The van der Waals surface area contributed by atoms with E-state index >= 15 is 0 Å². The highest BCUT2D eigenvalue weighted by molar-refractivity contribution is 5.91. The largest absolute Gasteiger partial charge is 0.323 e. The maximum Gasteiger partial charge on any atom is 0.224 e. The van der Waals surface area contributed by atoms with Crippen LogP contribution >= 0.6 is 0 Å². The predicted molar refractivity (Wildman–Crippen MR) is 66.8 cm³/mol. The smallest absolute Gasteiger partial charge is 0.224 e. The number of nitrogens with one attached hydrogen (secondary N) is 2. The molecule has 0 saturated carbocycles. The predicted octanol–water partition coefficient (Wildman–Crippen LogP) is 1.06. The molecule has 1 amide bonds.